The van der Waals surface area contributed by atoms with Crippen molar-refractivity contribution in [2.75, 3.05) is 6.61 Å². The van der Waals surface area contributed by atoms with Crippen LogP contribution >= 0.6 is 0 Å². The summed E-state index contributed by atoms with van der Waals surface area (Å²) in [4.78, 5) is 10.7. The molecule has 0 aliphatic carbocycles. The van der Waals surface area contributed by atoms with E-state index in [1.165, 1.54) is 0 Å². The zero-order chi connectivity index (χ0) is 6.69. The molecule has 1 radical (unpaired) electrons. The highest BCUT2D eigenvalue weighted by Crippen LogP contribution is 2.08. The van der Waals surface area contributed by atoms with Crippen LogP contribution < -0.4 is 0 Å². The summed E-state index contributed by atoms with van der Waals surface area (Å²) in [5.41, 5.74) is 0. The SMILES string of the molecule is [CH2]OC1OCCCC1=O. The first-order chi connectivity index (χ1) is 4.34. The van der Waals surface area contributed by atoms with Gasteiger partial charge in [-0.2, -0.15) is 0 Å². The van der Waals surface area contributed by atoms with Crippen LogP contribution in [0, 0.1) is 7.11 Å². The van der Waals surface area contributed by atoms with Crippen molar-refractivity contribution in [2.24, 2.45) is 0 Å². The second-order valence-corrected chi connectivity index (χ2v) is 1.94. The highest BCUT2D eigenvalue weighted by Gasteiger charge is 2.21. The van der Waals surface area contributed by atoms with Crippen LogP contribution in [0.5, 0.6) is 0 Å². The van der Waals surface area contributed by atoms with Crippen molar-refractivity contribution in [3.63, 3.8) is 0 Å². The third-order valence-electron chi connectivity index (χ3n) is 1.25. The molecule has 0 aromatic rings. The molecule has 0 aromatic heterocycles. The molecule has 1 aliphatic heterocycles. The lowest BCUT2D eigenvalue weighted by Crippen LogP contribution is -2.30. The molecule has 51 valence electrons. The standard InChI is InChI=1S/C6H9O3/c1-8-6-5(7)3-2-4-9-6/h6H,1-4H2. The largest absolute Gasteiger partial charge is 0.346 e. The number of hydrogen-bond acceptors (Lipinski definition) is 3. The van der Waals surface area contributed by atoms with E-state index in [1.807, 2.05) is 0 Å². The van der Waals surface area contributed by atoms with Crippen molar-refractivity contribution < 1.29 is 14.3 Å². The van der Waals surface area contributed by atoms with Gasteiger partial charge in [-0.25, -0.2) is 0 Å². The van der Waals surface area contributed by atoms with E-state index < -0.39 is 6.29 Å². The first kappa shape index (κ1) is 6.71. The van der Waals surface area contributed by atoms with E-state index in [1.54, 1.807) is 0 Å². The summed E-state index contributed by atoms with van der Waals surface area (Å²) in [5.74, 6) is -0.00347. The normalized spacial score (nSPS) is 28.6. The molecule has 3 nitrogen and oxygen atoms in total. The van der Waals surface area contributed by atoms with Gasteiger partial charge in [0.15, 0.2) is 5.78 Å². The third kappa shape index (κ3) is 1.50. The second kappa shape index (κ2) is 2.94. The maximum atomic E-state index is 10.7. The van der Waals surface area contributed by atoms with Crippen molar-refractivity contribution in [3.05, 3.63) is 7.11 Å². The zero-order valence-corrected chi connectivity index (χ0v) is 5.13. The van der Waals surface area contributed by atoms with Crippen LogP contribution in [0.4, 0.5) is 0 Å². The molecule has 0 N–H and O–H groups in total. The predicted molar refractivity (Wildman–Crippen MR) is 30.4 cm³/mol. The smallest absolute Gasteiger partial charge is 0.217 e. The molecule has 0 amide bonds. The minimum atomic E-state index is -0.696. The Morgan fingerprint density at radius 1 is 1.78 bits per heavy atom. The maximum absolute atomic E-state index is 10.7. The Hall–Kier alpha value is -0.410. The van der Waals surface area contributed by atoms with E-state index in [0.29, 0.717) is 13.0 Å². The Morgan fingerprint density at radius 3 is 3.00 bits per heavy atom. The average Bonchev–Trinajstić information content (AvgIpc) is 1.89. The second-order valence-electron chi connectivity index (χ2n) is 1.94. The molecule has 3 heteroatoms. The quantitative estimate of drug-likeness (QED) is 0.517. The minimum Gasteiger partial charge on any atom is -0.346 e. The molecule has 1 rings (SSSR count). The monoisotopic (exact) mass is 129 g/mol. The topological polar surface area (TPSA) is 35.5 Å². The summed E-state index contributed by atoms with van der Waals surface area (Å²) in [7, 11) is 3.11. The molecule has 0 bridgehead atoms. The maximum Gasteiger partial charge on any atom is 0.217 e. The summed E-state index contributed by atoms with van der Waals surface area (Å²) in [5, 5.41) is 0. The first-order valence-electron chi connectivity index (χ1n) is 2.90. The molecule has 1 heterocycles. The first-order valence-corrected chi connectivity index (χ1v) is 2.90. The summed E-state index contributed by atoms with van der Waals surface area (Å²) >= 11 is 0. The van der Waals surface area contributed by atoms with Gasteiger partial charge in [-0.15, -0.1) is 0 Å². The van der Waals surface area contributed by atoms with Gasteiger partial charge < -0.3 is 9.47 Å². The lowest BCUT2D eigenvalue weighted by molar-refractivity contribution is -0.166. The molecule has 1 atom stereocenters. The molecular weight excluding hydrogens is 120 g/mol. The number of carbonyl (C=O) groups is 1. The Kier molecular flexibility index (Phi) is 2.19. The van der Waals surface area contributed by atoms with Gasteiger partial charge in [0.2, 0.25) is 6.29 Å². The Bertz CT molecular complexity index is 111. The van der Waals surface area contributed by atoms with E-state index in [4.69, 9.17) is 4.74 Å². The lowest BCUT2D eigenvalue weighted by Gasteiger charge is -2.18. The fourth-order valence-corrected chi connectivity index (χ4v) is 0.789. The van der Waals surface area contributed by atoms with Gasteiger partial charge >= 0.3 is 0 Å². The van der Waals surface area contributed by atoms with Crippen LogP contribution in [0.2, 0.25) is 0 Å². The van der Waals surface area contributed by atoms with Gasteiger partial charge in [0.25, 0.3) is 0 Å². The van der Waals surface area contributed by atoms with E-state index >= 15 is 0 Å². The number of ether oxygens (including phenoxy) is 2. The molecular formula is C6H9O3. The number of hydrogen-bond donors (Lipinski definition) is 0. The van der Waals surface area contributed by atoms with Crippen molar-refractivity contribution in [3.8, 4) is 0 Å². The molecule has 1 unspecified atom stereocenters. The van der Waals surface area contributed by atoms with Gasteiger partial charge in [-0.1, -0.05) is 0 Å². The zero-order valence-electron chi connectivity index (χ0n) is 5.13. The van der Waals surface area contributed by atoms with E-state index in [2.05, 4.69) is 11.8 Å². The highest BCUT2D eigenvalue weighted by molar-refractivity contribution is 5.82. The van der Waals surface area contributed by atoms with E-state index in [9.17, 15) is 4.79 Å². The Labute approximate surface area is 53.9 Å². The van der Waals surface area contributed by atoms with Gasteiger partial charge in [0.1, 0.15) is 0 Å². The van der Waals surface area contributed by atoms with Crippen molar-refractivity contribution in [2.45, 2.75) is 19.1 Å². The van der Waals surface area contributed by atoms with Gasteiger partial charge in [-0.05, 0) is 6.42 Å². The Morgan fingerprint density at radius 2 is 2.56 bits per heavy atom. The van der Waals surface area contributed by atoms with Crippen LogP contribution in [0.15, 0.2) is 0 Å². The van der Waals surface area contributed by atoms with Gasteiger partial charge in [0, 0.05) is 6.42 Å². The van der Waals surface area contributed by atoms with Crippen molar-refractivity contribution in [1.29, 1.82) is 0 Å². The summed E-state index contributed by atoms with van der Waals surface area (Å²) in [6.07, 6.45) is 0.664. The highest BCUT2D eigenvalue weighted by atomic mass is 16.7. The molecule has 0 aromatic carbocycles. The summed E-state index contributed by atoms with van der Waals surface area (Å²) in [6, 6.07) is 0. The molecule has 1 fully saturated rings. The summed E-state index contributed by atoms with van der Waals surface area (Å²) in [6.45, 7) is 0.603. The third-order valence-corrected chi connectivity index (χ3v) is 1.25. The van der Waals surface area contributed by atoms with Crippen LogP contribution in [-0.4, -0.2) is 18.7 Å². The molecule has 1 aliphatic rings. The summed E-state index contributed by atoms with van der Waals surface area (Å²) < 4.78 is 9.39. The van der Waals surface area contributed by atoms with Crippen LogP contribution in [0.1, 0.15) is 12.8 Å². The lowest BCUT2D eigenvalue weighted by atomic mass is 10.2. The van der Waals surface area contributed by atoms with Crippen LogP contribution in [0.25, 0.3) is 0 Å². The fourth-order valence-electron chi connectivity index (χ4n) is 0.789. The number of carbonyl (C=O) groups excluding carboxylic acids is 1. The van der Waals surface area contributed by atoms with Gasteiger partial charge in [-0.3, -0.25) is 4.79 Å². The molecule has 0 saturated carbocycles. The van der Waals surface area contributed by atoms with Crippen molar-refractivity contribution in [1.82, 2.24) is 0 Å². The Balaban J connectivity index is 2.39. The average molecular weight is 129 g/mol. The number of ketones is 1. The van der Waals surface area contributed by atoms with E-state index in [-0.39, 0.29) is 5.78 Å². The minimum absolute atomic E-state index is 0.00347. The van der Waals surface area contributed by atoms with Gasteiger partial charge in [0.05, 0.1) is 13.7 Å². The fraction of sp³-hybridized carbons (Fsp3) is 0.667. The van der Waals surface area contributed by atoms with Crippen LogP contribution in [-0.2, 0) is 14.3 Å². The molecule has 1 saturated heterocycles. The molecule has 0 spiro atoms. The van der Waals surface area contributed by atoms with Crippen molar-refractivity contribution >= 4 is 5.78 Å². The predicted octanol–water partition coefficient (Wildman–Crippen LogP) is 0.500. The number of Topliss-reactive ketones (excluding diaryl/α,β-unsaturated/α-hetero) is 1. The van der Waals surface area contributed by atoms with Crippen LogP contribution in [0.3, 0.4) is 0 Å². The van der Waals surface area contributed by atoms with E-state index in [0.717, 1.165) is 6.42 Å². The number of rotatable bonds is 1. The molecule has 9 heavy (non-hydrogen) atoms.